The monoisotopic (exact) mass is 177 g/mol. The van der Waals surface area contributed by atoms with E-state index in [0.717, 1.165) is 13.0 Å². The topological polar surface area (TPSA) is 23.5 Å². The summed E-state index contributed by atoms with van der Waals surface area (Å²) in [6.07, 6.45) is 0.876. The van der Waals surface area contributed by atoms with E-state index in [1.807, 2.05) is 0 Å². The van der Waals surface area contributed by atoms with Crippen LogP contribution < -0.4 is 4.90 Å². The van der Waals surface area contributed by atoms with Crippen molar-refractivity contribution in [3.8, 4) is 0 Å². The van der Waals surface area contributed by atoms with Crippen molar-refractivity contribution < 1.29 is 5.11 Å². The van der Waals surface area contributed by atoms with E-state index in [2.05, 4.69) is 36.2 Å². The van der Waals surface area contributed by atoms with Gasteiger partial charge in [-0.25, -0.2) is 0 Å². The van der Waals surface area contributed by atoms with Crippen LogP contribution in [0, 0.1) is 0 Å². The van der Waals surface area contributed by atoms with Crippen molar-refractivity contribution >= 4 is 5.69 Å². The Kier molecular flexibility index (Phi) is 2.23. The van der Waals surface area contributed by atoms with Gasteiger partial charge in [-0.15, -0.1) is 0 Å². The molecule has 0 aliphatic carbocycles. The molecular formula is C11H15NO. The van der Waals surface area contributed by atoms with Crippen molar-refractivity contribution in [1.29, 1.82) is 0 Å². The smallest absolute Gasteiger partial charge is 0.0437 e. The zero-order valence-corrected chi connectivity index (χ0v) is 7.90. The largest absolute Gasteiger partial charge is 0.396 e. The van der Waals surface area contributed by atoms with Crippen LogP contribution in [0.1, 0.15) is 17.9 Å². The van der Waals surface area contributed by atoms with Crippen molar-refractivity contribution in [3.63, 3.8) is 0 Å². The maximum absolute atomic E-state index is 8.92. The summed E-state index contributed by atoms with van der Waals surface area (Å²) in [5.74, 6) is 0.520. The van der Waals surface area contributed by atoms with Crippen LogP contribution >= 0.6 is 0 Å². The van der Waals surface area contributed by atoms with Crippen molar-refractivity contribution in [2.45, 2.75) is 12.3 Å². The van der Waals surface area contributed by atoms with Gasteiger partial charge in [0.15, 0.2) is 0 Å². The second-order valence-corrected chi connectivity index (χ2v) is 3.65. The predicted molar refractivity (Wildman–Crippen MR) is 54.2 cm³/mol. The highest BCUT2D eigenvalue weighted by Crippen LogP contribution is 2.36. The van der Waals surface area contributed by atoms with Crippen LogP contribution in [0.5, 0.6) is 0 Å². The third-order valence-corrected chi connectivity index (χ3v) is 2.76. The standard InChI is InChI=1S/C11H15NO/c1-12-8-9(6-7-13)10-4-2-3-5-11(10)12/h2-5,9,13H,6-8H2,1H3. The summed E-state index contributed by atoms with van der Waals surface area (Å²) in [5.41, 5.74) is 2.71. The van der Waals surface area contributed by atoms with E-state index in [4.69, 9.17) is 5.11 Å². The number of benzene rings is 1. The Morgan fingerprint density at radius 2 is 2.23 bits per heavy atom. The molecule has 1 aliphatic rings. The van der Waals surface area contributed by atoms with Crippen molar-refractivity contribution in [1.82, 2.24) is 0 Å². The van der Waals surface area contributed by atoms with E-state index in [1.54, 1.807) is 0 Å². The molecule has 0 aromatic heterocycles. The molecule has 13 heavy (non-hydrogen) atoms. The second-order valence-electron chi connectivity index (χ2n) is 3.65. The Morgan fingerprint density at radius 1 is 1.46 bits per heavy atom. The molecule has 0 spiro atoms. The van der Waals surface area contributed by atoms with E-state index in [9.17, 15) is 0 Å². The summed E-state index contributed by atoms with van der Waals surface area (Å²) in [6, 6.07) is 8.45. The minimum Gasteiger partial charge on any atom is -0.396 e. The minimum atomic E-state index is 0.285. The van der Waals surface area contributed by atoms with E-state index in [0.29, 0.717) is 5.92 Å². The molecule has 2 rings (SSSR count). The highest BCUT2D eigenvalue weighted by atomic mass is 16.3. The molecule has 1 aromatic rings. The zero-order chi connectivity index (χ0) is 9.26. The highest BCUT2D eigenvalue weighted by Gasteiger charge is 2.24. The number of anilines is 1. The van der Waals surface area contributed by atoms with Gasteiger partial charge in [0.25, 0.3) is 0 Å². The molecule has 1 N–H and O–H groups in total. The van der Waals surface area contributed by atoms with Gasteiger partial charge in [-0.3, -0.25) is 0 Å². The van der Waals surface area contributed by atoms with Crippen LogP contribution in [0.2, 0.25) is 0 Å². The number of aliphatic hydroxyl groups excluding tert-OH is 1. The first-order valence-electron chi connectivity index (χ1n) is 4.74. The maximum Gasteiger partial charge on any atom is 0.0437 e. The molecule has 0 amide bonds. The first-order chi connectivity index (χ1) is 6.33. The third kappa shape index (κ3) is 1.42. The number of hydrogen-bond donors (Lipinski definition) is 1. The first-order valence-corrected chi connectivity index (χ1v) is 4.74. The molecule has 70 valence electrons. The fourth-order valence-corrected chi connectivity index (χ4v) is 2.11. The molecule has 1 atom stereocenters. The molecule has 0 bridgehead atoms. The van der Waals surface area contributed by atoms with Gasteiger partial charge in [0.05, 0.1) is 0 Å². The summed E-state index contributed by atoms with van der Waals surface area (Å²) in [4.78, 5) is 2.26. The molecular weight excluding hydrogens is 162 g/mol. The molecule has 2 nitrogen and oxygen atoms in total. The highest BCUT2D eigenvalue weighted by molar-refractivity contribution is 5.59. The van der Waals surface area contributed by atoms with E-state index in [1.165, 1.54) is 11.3 Å². The fourth-order valence-electron chi connectivity index (χ4n) is 2.11. The van der Waals surface area contributed by atoms with Gasteiger partial charge in [-0.1, -0.05) is 18.2 Å². The predicted octanol–water partition coefficient (Wildman–Crippen LogP) is 1.60. The minimum absolute atomic E-state index is 0.285. The average Bonchev–Trinajstić information content (AvgIpc) is 2.46. The van der Waals surface area contributed by atoms with Gasteiger partial charge in [0.2, 0.25) is 0 Å². The second kappa shape index (κ2) is 3.38. The fraction of sp³-hybridized carbons (Fsp3) is 0.455. The van der Waals surface area contributed by atoms with Crippen molar-refractivity contribution in [3.05, 3.63) is 29.8 Å². The zero-order valence-electron chi connectivity index (χ0n) is 7.90. The van der Waals surface area contributed by atoms with Gasteiger partial charge < -0.3 is 10.0 Å². The van der Waals surface area contributed by atoms with Crippen LogP contribution in [0.15, 0.2) is 24.3 Å². The van der Waals surface area contributed by atoms with Crippen LogP contribution in [0.3, 0.4) is 0 Å². The van der Waals surface area contributed by atoms with Crippen LogP contribution in [0.4, 0.5) is 5.69 Å². The Morgan fingerprint density at radius 3 is 3.00 bits per heavy atom. The van der Waals surface area contributed by atoms with Crippen LogP contribution in [0.25, 0.3) is 0 Å². The summed E-state index contributed by atoms with van der Waals surface area (Å²) >= 11 is 0. The van der Waals surface area contributed by atoms with E-state index < -0.39 is 0 Å². The lowest BCUT2D eigenvalue weighted by molar-refractivity contribution is 0.278. The van der Waals surface area contributed by atoms with E-state index >= 15 is 0 Å². The molecule has 0 saturated heterocycles. The summed E-state index contributed by atoms with van der Waals surface area (Å²) < 4.78 is 0. The number of rotatable bonds is 2. The lowest BCUT2D eigenvalue weighted by atomic mass is 9.99. The number of para-hydroxylation sites is 1. The number of aliphatic hydroxyl groups is 1. The molecule has 0 saturated carbocycles. The summed E-state index contributed by atoms with van der Waals surface area (Å²) in [6.45, 7) is 1.33. The Labute approximate surface area is 78.8 Å². The van der Waals surface area contributed by atoms with Gasteiger partial charge in [-0.2, -0.15) is 0 Å². The summed E-state index contributed by atoms with van der Waals surface area (Å²) in [5, 5.41) is 8.92. The van der Waals surface area contributed by atoms with Crippen molar-refractivity contribution in [2.75, 3.05) is 25.1 Å². The molecule has 0 radical (unpaired) electrons. The molecule has 1 heterocycles. The van der Waals surface area contributed by atoms with Gasteiger partial charge in [0, 0.05) is 31.8 Å². The van der Waals surface area contributed by atoms with Crippen molar-refractivity contribution in [2.24, 2.45) is 0 Å². The molecule has 0 fully saturated rings. The van der Waals surface area contributed by atoms with Gasteiger partial charge in [-0.05, 0) is 18.1 Å². The number of fused-ring (bicyclic) bond motifs is 1. The SMILES string of the molecule is CN1CC(CCO)c2ccccc21. The molecule has 2 heteroatoms. The van der Waals surface area contributed by atoms with E-state index in [-0.39, 0.29) is 6.61 Å². The lowest BCUT2D eigenvalue weighted by Crippen LogP contribution is -2.15. The van der Waals surface area contributed by atoms with Gasteiger partial charge in [0.1, 0.15) is 0 Å². The normalized spacial score (nSPS) is 20.5. The molecule has 1 aromatic carbocycles. The average molecular weight is 177 g/mol. The van der Waals surface area contributed by atoms with Gasteiger partial charge >= 0.3 is 0 Å². The quantitative estimate of drug-likeness (QED) is 0.741. The molecule has 1 unspecified atom stereocenters. The molecule has 1 aliphatic heterocycles. The Bertz CT molecular complexity index is 298. The number of likely N-dealkylation sites (N-methyl/N-ethyl adjacent to an activating group) is 1. The Balaban J connectivity index is 2.30. The Hall–Kier alpha value is -1.02. The van der Waals surface area contributed by atoms with Crippen LogP contribution in [-0.2, 0) is 0 Å². The number of nitrogens with zero attached hydrogens (tertiary/aromatic N) is 1. The number of hydrogen-bond acceptors (Lipinski definition) is 2. The summed E-state index contributed by atoms with van der Waals surface area (Å²) in [7, 11) is 2.11. The van der Waals surface area contributed by atoms with Crippen LogP contribution in [-0.4, -0.2) is 25.3 Å². The third-order valence-electron chi connectivity index (χ3n) is 2.76. The maximum atomic E-state index is 8.92. The first kappa shape index (κ1) is 8.57. The lowest BCUT2D eigenvalue weighted by Gasteiger charge is -2.11.